The van der Waals surface area contributed by atoms with Gasteiger partial charge in [0, 0.05) is 37.8 Å². The summed E-state index contributed by atoms with van der Waals surface area (Å²) in [6, 6.07) is 3.70. The van der Waals surface area contributed by atoms with Crippen molar-refractivity contribution in [3.8, 4) is 11.6 Å². The molecule has 5 rings (SSSR count). The summed E-state index contributed by atoms with van der Waals surface area (Å²) in [5.41, 5.74) is 3.14. The number of nitrogens with zero attached hydrogens (tertiary/aromatic N) is 5. The third-order valence-electron chi connectivity index (χ3n) is 5.05. The van der Waals surface area contributed by atoms with Crippen LogP contribution < -0.4 is 15.4 Å². The molecule has 32 heavy (non-hydrogen) atoms. The second kappa shape index (κ2) is 8.60. The number of carbonyl (C=O) groups excluding carboxylic acids is 1. The number of carbonyl (C=O) groups is 1. The third-order valence-corrected chi connectivity index (χ3v) is 5.98. The van der Waals surface area contributed by atoms with Crippen LogP contribution in [0.3, 0.4) is 0 Å². The van der Waals surface area contributed by atoms with Gasteiger partial charge in [0.25, 0.3) is 5.91 Å². The van der Waals surface area contributed by atoms with Crippen molar-refractivity contribution in [1.29, 1.82) is 0 Å². The lowest BCUT2D eigenvalue weighted by Gasteiger charge is -2.14. The smallest absolute Gasteiger partial charge is 0.261 e. The van der Waals surface area contributed by atoms with Crippen molar-refractivity contribution in [3.63, 3.8) is 0 Å². The van der Waals surface area contributed by atoms with Crippen molar-refractivity contribution in [2.75, 3.05) is 25.1 Å². The Kier molecular flexibility index (Phi) is 5.50. The average Bonchev–Trinajstić information content (AvgIpc) is 3.55. The lowest BCUT2D eigenvalue weighted by molar-refractivity contribution is 0.0960. The number of fused-ring (bicyclic) bond motifs is 1. The molecule has 5 heterocycles. The van der Waals surface area contributed by atoms with E-state index in [0.29, 0.717) is 36.5 Å². The molecule has 0 unspecified atom stereocenters. The van der Waals surface area contributed by atoms with Crippen molar-refractivity contribution in [1.82, 2.24) is 29.6 Å². The van der Waals surface area contributed by atoms with Gasteiger partial charge in [-0.05, 0) is 19.1 Å². The van der Waals surface area contributed by atoms with Gasteiger partial charge in [0.15, 0.2) is 0 Å². The molecule has 4 aromatic heterocycles. The molecule has 1 saturated heterocycles. The first-order valence-corrected chi connectivity index (χ1v) is 11.2. The number of aryl methyl sites for hydroxylation is 1. The molecule has 1 aliphatic rings. The van der Waals surface area contributed by atoms with Gasteiger partial charge < -0.3 is 24.7 Å². The number of hydrogen-bond donors (Lipinski definition) is 2. The molecular weight excluding hydrogens is 430 g/mol. The third kappa shape index (κ3) is 4.04. The largest absolute Gasteiger partial charge is 0.470 e. The normalized spacial score (nSPS) is 15.9. The predicted octanol–water partition coefficient (Wildman–Crippen LogP) is 2.88. The highest BCUT2D eigenvalue weighted by atomic mass is 32.1. The van der Waals surface area contributed by atoms with Crippen LogP contribution in [0.2, 0.25) is 0 Å². The van der Waals surface area contributed by atoms with E-state index in [1.807, 2.05) is 42.4 Å². The summed E-state index contributed by atoms with van der Waals surface area (Å²) in [6.07, 6.45) is 6.37. The first-order valence-electron chi connectivity index (χ1n) is 10.4. The molecule has 1 fully saturated rings. The molecule has 4 aromatic rings. The first-order chi connectivity index (χ1) is 15.6. The van der Waals surface area contributed by atoms with Gasteiger partial charge in [-0.15, -0.1) is 11.3 Å². The van der Waals surface area contributed by atoms with E-state index in [2.05, 4.69) is 25.7 Å². The topological polar surface area (TPSA) is 108 Å². The number of rotatable bonds is 7. The average molecular weight is 454 g/mol. The summed E-state index contributed by atoms with van der Waals surface area (Å²) in [7, 11) is 1.87. The van der Waals surface area contributed by atoms with E-state index in [-0.39, 0.29) is 12.0 Å². The summed E-state index contributed by atoms with van der Waals surface area (Å²) >= 11 is 1.36. The quantitative estimate of drug-likeness (QED) is 0.443. The van der Waals surface area contributed by atoms with Crippen LogP contribution in [0.25, 0.3) is 16.7 Å². The number of thiophene rings is 1. The van der Waals surface area contributed by atoms with Crippen LogP contribution in [0.1, 0.15) is 23.0 Å². The van der Waals surface area contributed by atoms with Crippen molar-refractivity contribution in [2.24, 2.45) is 7.05 Å². The zero-order chi connectivity index (χ0) is 22.1. The molecule has 1 aliphatic heterocycles. The summed E-state index contributed by atoms with van der Waals surface area (Å²) in [5, 5.41) is 12.1. The second-order valence-electron chi connectivity index (χ2n) is 7.43. The van der Waals surface area contributed by atoms with E-state index in [9.17, 15) is 4.79 Å². The Morgan fingerprint density at radius 2 is 2.31 bits per heavy atom. The summed E-state index contributed by atoms with van der Waals surface area (Å²) in [6.45, 7) is 3.68. The maximum absolute atomic E-state index is 12.1. The molecule has 1 atom stereocenters. The first kappa shape index (κ1) is 20.5. The fraction of sp³-hybridized carbons (Fsp3) is 0.333. The number of aromatic nitrogens is 5. The Balaban J connectivity index is 1.51. The number of anilines is 2. The monoisotopic (exact) mass is 453 g/mol. The highest BCUT2D eigenvalue weighted by molar-refractivity contribution is 7.12. The minimum Gasteiger partial charge on any atom is -0.470 e. The molecule has 11 heteroatoms. The van der Waals surface area contributed by atoms with Gasteiger partial charge in [0.05, 0.1) is 41.2 Å². The van der Waals surface area contributed by atoms with Gasteiger partial charge in [-0.1, -0.05) is 0 Å². The van der Waals surface area contributed by atoms with Crippen molar-refractivity contribution in [2.45, 2.75) is 19.4 Å². The van der Waals surface area contributed by atoms with E-state index in [1.165, 1.54) is 11.3 Å². The van der Waals surface area contributed by atoms with E-state index in [4.69, 9.17) is 9.47 Å². The lowest BCUT2D eigenvalue weighted by Crippen LogP contribution is -2.21. The Labute approximate surface area is 188 Å². The Hall–Kier alpha value is -3.44. The van der Waals surface area contributed by atoms with Gasteiger partial charge in [-0.25, -0.2) is 4.98 Å². The van der Waals surface area contributed by atoms with Crippen LogP contribution in [0.15, 0.2) is 36.1 Å². The summed E-state index contributed by atoms with van der Waals surface area (Å²) in [5.74, 6) is 0.775. The zero-order valence-corrected chi connectivity index (χ0v) is 18.6. The Morgan fingerprint density at radius 1 is 1.41 bits per heavy atom. The highest BCUT2D eigenvalue weighted by Gasteiger charge is 2.22. The molecule has 0 radical (unpaired) electrons. The van der Waals surface area contributed by atoms with E-state index in [1.54, 1.807) is 16.9 Å². The minimum absolute atomic E-state index is 0.0660. The Bertz CT molecular complexity index is 1260. The molecule has 166 valence electrons. The fourth-order valence-corrected chi connectivity index (χ4v) is 4.32. The van der Waals surface area contributed by atoms with E-state index < -0.39 is 0 Å². The zero-order valence-electron chi connectivity index (χ0n) is 17.7. The molecular formula is C21H23N7O3S. The minimum atomic E-state index is -0.0966. The molecule has 0 aromatic carbocycles. The highest BCUT2D eigenvalue weighted by Crippen LogP contribution is 2.31. The van der Waals surface area contributed by atoms with Crippen LogP contribution in [-0.4, -0.2) is 56.1 Å². The van der Waals surface area contributed by atoms with Gasteiger partial charge in [-0.3, -0.25) is 9.48 Å². The lowest BCUT2D eigenvalue weighted by atomic mass is 10.3. The van der Waals surface area contributed by atoms with Crippen LogP contribution in [0.4, 0.5) is 11.6 Å². The van der Waals surface area contributed by atoms with E-state index in [0.717, 1.165) is 28.8 Å². The summed E-state index contributed by atoms with van der Waals surface area (Å²) in [4.78, 5) is 22.0. The van der Waals surface area contributed by atoms with E-state index >= 15 is 0 Å². The van der Waals surface area contributed by atoms with Gasteiger partial charge in [0.2, 0.25) is 11.8 Å². The molecule has 2 N–H and O–H groups in total. The van der Waals surface area contributed by atoms with Crippen molar-refractivity contribution >= 4 is 39.9 Å². The van der Waals surface area contributed by atoms with Crippen LogP contribution in [-0.2, 0) is 11.8 Å². The molecule has 0 bridgehead atoms. The van der Waals surface area contributed by atoms with Crippen LogP contribution in [0.5, 0.6) is 5.88 Å². The van der Waals surface area contributed by atoms with Crippen molar-refractivity contribution in [3.05, 3.63) is 41.0 Å². The van der Waals surface area contributed by atoms with Gasteiger partial charge >= 0.3 is 0 Å². The van der Waals surface area contributed by atoms with Gasteiger partial charge in [0.1, 0.15) is 11.6 Å². The molecule has 0 aliphatic carbocycles. The fourth-order valence-electron chi connectivity index (χ4n) is 3.56. The number of hydrogen-bond acceptors (Lipinski definition) is 8. The molecule has 10 nitrogen and oxygen atoms in total. The number of nitrogens with one attached hydrogen (secondary N) is 2. The SMILES string of the molecule is CCNC(=O)c1cc(Nc2nc(O[C@H]3CCOC3)c3c(ccn3-c3cnn(C)c3)n2)cs1. The Morgan fingerprint density at radius 3 is 3.06 bits per heavy atom. The van der Waals surface area contributed by atoms with Crippen molar-refractivity contribution < 1.29 is 14.3 Å². The second-order valence-corrected chi connectivity index (χ2v) is 8.34. The van der Waals surface area contributed by atoms with Gasteiger partial charge in [-0.2, -0.15) is 10.1 Å². The van der Waals surface area contributed by atoms with Crippen LogP contribution in [0, 0.1) is 0 Å². The predicted molar refractivity (Wildman–Crippen MR) is 121 cm³/mol. The maximum atomic E-state index is 12.1. The van der Waals surface area contributed by atoms with Crippen LogP contribution >= 0.6 is 11.3 Å². The molecule has 0 saturated carbocycles. The standard InChI is InChI=1S/C21H23N7O3S/c1-3-22-19(29)17-8-13(12-32-17)24-21-25-16-4-6-28(14-9-23-27(2)10-14)18(16)20(26-21)31-15-5-7-30-11-15/h4,6,8-10,12,15H,3,5,7,11H2,1-2H3,(H,22,29)(H,24,25,26)/t15-/m0/s1. The molecule has 1 amide bonds. The number of ether oxygens (including phenoxy) is 2. The molecule has 0 spiro atoms. The number of amides is 1. The maximum Gasteiger partial charge on any atom is 0.261 e. The summed E-state index contributed by atoms with van der Waals surface area (Å²) < 4.78 is 15.4.